The number of hydrogen-bond acceptors (Lipinski definition) is 3. The number of hydrogen-bond donors (Lipinski definition) is 0. The molecule has 0 unspecified atom stereocenters. The van der Waals surface area contributed by atoms with Gasteiger partial charge in [0.25, 0.3) is 0 Å². The summed E-state index contributed by atoms with van der Waals surface area (Å²) >= 11 is 0. The van der Waals surface area contributed by atoms with Gasteiger partial charge in [0.15, 0.2) is 0 Å². The number of aromatic nitrogens is 3. The molecule has 5 nitrogen and oxygen atoms in total. The summed E-state index contributed by atoms with van der Waals surface area (Å²) in [4.78, 5) is 19.6. The maximum Gasteiger partial charge on any atom is 0.227 e. The van der Waals surface area contributed by atoms with E-state index < -0.39 is 0 Å². The molecule has 1 saturated heterocycles. The van der Waals surface area contributed by atoms with Gasteiger partial charge in [-0.2, -0.15) is 5.10 Å². The quantitative estimate of drug-likeness (QED) is 0.827. The molecule has 0 aliphatic carbocycles. The summed E-state index contributed by atoms with van der Waals surface area (Å²) in [6.07, 6.45) is 3.93. The van der Waals surface area contributed by atoms with E-state index in [-0.39, 0.29) is 11.3 Å². The third-order valence-corrected chi connectivity index (χ3v) is 4.96. The molecular formula is C21H30N4O. The lowest BCUT2D eigenvalue weighted by Gasteiger charge is -2.36. The van der Waals surface area contributed by atoms with Gasteiger partial charge in [0.1, 0.15) is 0 Å². The number of nitrogens with zero attached hydrogens (tertiary/aromatic N) is 4. The van der Waals surface area contributed by atoms with Crippen LogP contribution in [0.15, 0.2) is 30.5 Å². The van der Waals surface area contributed by atoms with Gasteiger partial charge in [0.05, 0.1) is 11.4 Å². The van der Waals surface area contributed by atoms with Crippen LogP contribution in [0.5, 0.6) is 0 Å². The van der Waals surface area contributed by atoms with Crippen molar-refractivity contribution in [2.75, 3.05) is 13.1 Å². The first-order chi connectivity index (χ1) is 12.3. The van der Waals surface area contributed by atoms with E-state index in [9.17, 15) is 4.79 Å². The molecule has 3 rings (SSSR count). The molecular weight excluding hydrogens is 324 g/mol. The average Bonchev–Trinajstić information content (AvgIpc) is 3.10. The molecule has 2 aromatic rings. The molecule has 26 heavy (non-hydrogen) atoms. The van der Waals surface area contributed by atoms with E-state index in [4.69, 9.17) is 4.98 Å². The zero-order chi connectivity index (χ0) is 18.9. The minimum Gasteiger partial charge on any atom is -0.342 e. The second-order valence-corrected chi connectivity index (χ2v) is 8.54. The van der Waals surface area contributed by atoms with Crippen LogP contribution in [0.1, 0.15) is 65.1 Å². The minimum absolute atomic E-state index is 0.233. The molecule has 1 fully saturated rings. The summed E-state index contributed by atoms with van der Waals surface area (Å²) in [6.45, 7) is 11.8. The van der Waals surface area contributed by atoms with E-state index in [1.165, 1.54) is 0 Å². The number of likely N-dealkylation sites (tertiary alicyclic amines) is 1. The smallest absolute Gasteiger partial charge is 0.227 e. The van der Waals surface area contributed by atoms with Crippen LogP contribution in [0.2, 0.25) is 0 Å². The molecule has 140 valence electrons. The van der Waals surface area contributed by atoms with E-state index in [0.29, 0.717) is 12.0 Å². The van der Waals surface area contributed by atoms with E-state index in [1.807, 2.05) is 48.7 Å². The Kier molecular flexibility index (Phi) is 5.17. The van der Waals surface area contributed by atoms with Crippen molar-refractivity contribution in [3.8, 4) is 11.4 Å². The highest BCUT2D eigenvalue weighted by atomic mass is 16.2. The normalized spacial score (nSPS) is 18.4. The molecule has 1 aliphatic heterocycles. The molecule has 0 spiro atoms. The fourth-order valence-electron chi connectivity index (χ4n) is 3.63. The summed E-state index contributed by atoms with van der Waals surface area (Å²) in [5, 5.41) is 4.42. The Morgan fingerprint density at radius 3 is 2.69 bits per heavy atom. The molecule has 2 aromatic heterocycles. The van der Waals surface area contributed by atoms with Gasteiger partial charge in [-0.15, -0.1) is 0 Å². The van der Waals surface area contributed by atoms with Crippen molar-refractivity contribution < 1.29 is 4.79 Å². The standard InChI is InChI=1S/C21H30N4O/c1-15(2)25-19(11-12-22-25)18-10-6-9-17(23-18)16-8-7-13-24(14-16)20(26)21(3,4)5/h6,9-12,15-16H,7-8,13-14H2,1-5H3/t16-/m1/s1. The van der Waals surface area contributed by atoms with Crippen molar-refractivity contribution in [3.63, 3.8) is 0 Å². The third-order valence-electron chi connectivity index (χ3n) is 4.96. The summed E-state index contributed by atoms with van der Waals surface area (Å²) in [5.41, 5.74) is 2.74. The van der Waals surface area contributed by atoms with Gasteiger partial charge in [0, 0.05) is 42.4 Å². The Morgan fingerprint density at radius 1 is 1.23 bits per heavy atom. The van der Waals surface area contributed by atoms with E-state index in [1.54, 1.807) is 0 Å². The fraction of sp³-hybridized carbons (Fsp3) is 0.571. The number of carbonyl (C=O) groups is 1. The van der Waals surface area contributed by atoms with Crippen LogP contribution in [0, 0.1) is 5.41 Å². The van der Waals surface area contributed by atoms with E-state index in [0.717, 1.165) is 43.0 Å². The molecule has 0 aromatic carbocycles. The molecule has 1 aliphatic rings. The highest BCUT2D eigenvalue weighted by Gasteiger charge is 2.32. The molecule has 0 saturated carbocycles. The third kappa shape index (κ3) is 3.81. The van der Waals surface area contributed by atoms with Crippen LogP contribution >= 0.6 is 0 Å². The summed E-state index contributed by atoms with van der Waals surface area (Å²) in [7, 11) is 0. The number of piperidine rings is 1. The van der Waals surface area contributed by atoms with Crippen molar-refractivity contribution in [2.24, 2.45) is 5.41 Å². The van der Waals surface area contributed by atoms with E-state index in [2.05, 4.69) is 31.1 Å². The summed E-state index contributed by atoms with van der Waals surface area (Å²) < 4.78 is 2.00. The van der Waals surface area contributed by atoms with Crippen molar-refractivity contribution in [2.45, 2.75) is 59.4 Å². The number of rotatable bonds is 3. The topological polar surface area (TPSA) is 51.0 Å². The maximum absolute atomic E-state index is 12.7. The van der Waals surface area contributed by atoms with Gasteiger partial charge in [-0.1, -0.05) is 26.8 Å². The predicted octanol–water partition coefficient (Wildman–Crippen LogP) is 4.28. The van der Waals surface area contributed by atoms with Crippen LogP contribution in [0.3, 0.4) is 0 Å². The zero-order valence-electron chi connectivity index (χ0n) is 16.6. The van der Waals surface area contributed by atoms with Gasteiger partial charge in [-0.25, -0.2) is 0 Å². The second kappa shape index (κ2) is 7.22. The fourth-order valence-corrected chi connectivity index (χ4v) is 3.63. The van der Waals surface area contributed by atoms with Crippen molar-refractivity contribution >= 4 is 5.91 Å². The largest absolute Gasteiger partial charge is 0.342 e. The second-order valence-electron chi connectivity index (χ2n) is 8.54. The van der Waals surface area contributed by atoms with Crippen molar-refractivity contribution in [1.29, 1.82) is 0 Å². The highest BCUT2D eigenvalue weighted by Crippen LogP contribution is 2.30. The highest BCUT2D eigenvalue weighted by molar-refractivity contribution is 5.81. The van der Waals surface area contributed by atoms with Crippen LogP contribution < -0.4 is 0 Å². The predicted molar refractivity (Wildman–Crippen MR) is 104 cm³/mol. The number of amides is 1. The van der Waals surface area contributed by atoms with Crippen LogP contribution in [0.25, 0.3) is 11.4 Å². The minimum atomic E-state index is -0.332. The Labute approximate surface area is 156 Å². The lowest BCUT2D eigenvalue weighted by Crippen LogP contribution is -2.44. The zero-order valence-corrected chi connectivity index (χ0v) is 16.6. The SMILES string of the molecule is CC(C)n1nccc1-c1cccc([C@@H]2CCCN(C(=O)C(C)(C)C)C2)n1. The first kappa shape index (κ1) is 18.6. The van der Waals surface area contributed by atoms with Gasteiger partial charge in [0.2, 0.25) is 5.91 Å². The molecule has 3 heterocycles. The Balaban J connectivity index is 1.84. The Bertz CT molecular complexity index is 772. The Hall–Kier alpha value is -2.17. The van der Waals surface area contributed by atoms with Gasteiger partial charge in [-0.3, -0.25) is 14.5 Å². The molecule has 1 atom stereocenters. The maximum atomic E-state index is 12.7. The number of pyridine rings is 1. The monoisotopic (exact) mass is 354 g/mol. The van der Waals surface area contributed by atoms with Gasteiger partial charge >= 0.3 is 0 Å². The van der Waals surface area contributed by atoms with E-state index >= 15 is 0 Å². The lowest BCUT2D eigenvalue weighted by molar-refractivity contribution is -0.140. The molecule has 5 heteroatoms. The molecule has 0 N–H and O–H groups in total. The Morgan fingerprint density at radius 2 is 2.00 bits per heavy atom. The van der Waals surface area contributed by atoms with Crippen molar-refractivity contribution in [3.05, 3.63) is 36.2 Å². The van der Waals surface area contributed by atoms with Crippen LogP contribution in [0.4, 0.5) is 0 Å². The summed E-state index contributed by atoms with van der Waals surface area (Å²) in [5.74, 6) is 0.529. The first-order valence-electron chi connectivity index (χ1n) is 9.57. The number of carbonyl (C=O) groups excluding carboxylic acids is 1. The van der Waals surface area contributed by atoms with Crippen LogP contribution in [-0.2, 0) is 4.79 Å². The molecule has 0 radical (unpaired) electrons. The van der Waals surface area contributed by atoms with Gasteiger partial charge in [-0.05, 0) is 44.9 Å². The molecule has 1 amide bonds. The average molecular weight is 354 g/mol. The van der Waals surface area contributed by atoms with Crippen molar-refractivity contribution in [1.82, 2.24) is 19.7 Å². The summed E-state index contributed by atoms with van der Waals surface area (Å²) in [6, 6.07) is 8.51. The van der Waals surface area contributed by atoms with Gasteiger partial charge < -0.3 is 4.90 Å². The molecule has 0 bridgehead atoms. The lowest BCUT2D eigenvalue weighted by atomic mass is 9.89. The van der Waals surface area contributed by atoms with Crippen LogP contribution in [-0.4, -0.2) is 38.7 Å². The first-order valence-corrected chi connectivity index (χ1v) is 9.57.